The van der Waals surface area contributed by atoms with Gasteiger partial charge in [-0.2, -0.15) is 0 Å². The Morgan fingerprint density at radius 3 is 1.88 bits per heavy atom. The topological polar surface area (TPSA) is 83.1 Å². The lowest BCUT2D eigenvalue weighted by Crippen LogP contribution is -2.30. The summed E-state index contributed by atoms with van der Waals surface area (Å²) in [7, 11) is 4.52. The van der Waals surface area contributed by atoms with Crippen LogP contribution in [0.25, 0.3) is 0 Å². The molecule has 0 aliphatic rings. The van der Waals surface area contributed by atoms with Crippen LogP contribution in [0.4, 0.5) is 5.69 Å². The highest BCUT2D eigenvalue weighted by Crippen LogP contribution is 2.23. The number of esters is 1. The minimum Gasteiger partial charge on any atom is -0.497 e. The van der Waals surface area contributed by atoms with Gasteiger partial charge in [0.1, 0.15) is 17.2 Å². The molecule has 0 saturated carbocycles. The average Bonchev–Trinajstić information content (AvgIpc) is 2.67. The highest BCUT2D eigenvalue weighted by atomic mass is 16.5. The van der Waals surface area contributed by atoms with Crippen molar-refractivity contribution >= 4 is 17.6 Å². The molecular formula is C19H21NO6. The van der Waals surface area contributed by atoms with Crippen molar-refractivity contribution in [3.8, 4) is 17.2 Å². The molecule has 1 amide bonds. The van der Waals surface area contributed by atoms with Gasteiger partial charge in [0.2, 0.25) is 0 Å². The van der Waals surface area contributed by atoms with E-state index in [-0.39, 0.29) is 5.56 Å². The van der Waals surface area contributed by atoms with E-state index in [1.54, 1.807) is 37.4 Å². The van der Waals surface area contributed by atoms with Crippen molar-refractivity contribution in [3.05, 3.63) is 48.0 Å². The summed E-state index contributed by atoms with van der Waals surface area (Å²) >= 11 is 0. The number of methoxy groups -OCH3 is 3. The summed E-state index contributed by atoms with van der Waals surface area (Å²) in [6, 6.07) is 11.5. The summed E-state index contributed by atoms with van der Waals surface area (Å²) in [6.07, 6.45) is -0.984. The molecule has 7 heteroatoms. The number of hydrogen-bond donors (Lipinski definition) is 1. The Labute approximate surface area is 151 Å². The minimum absolute atomic E-state index is 0.227. The number of carbonyl (C=O) groups excluding carboxylic acids is 2. The third-order valence-corrected chi connectivity index (χ3v) is 3.60. The number of ether oxygens (including phenoxy) is 4. The molecule has 0 bridgehead atoms. The van der Waals surface area contributed by atoms with Crippen LogP contribution in [-0.4, -0.2) is 39.3 Å². The van der Waals surface area contributed by atoms with E-state index in [9.17, 15) is 9.59 Å². The molecule has 138 valence electrons. The first kappa shape index (κ1) is 19.1. The van der Waals surface area contributed by atoms with Crippen LogP contribution in [0.3, 0.4) is 0 Å². The van der Waals surface area contributed by atoms with E-state index in [0.29, 0.717) is 22.9 Å². The number of carbonyl (C=O) groups is 2. The first-order chi connectivity index (χ1) is 12.5. The van der Waals surface area contributed by atoms with Crippen molar-refractivity contribution in [2.24, 2.45) is 0 Å². The molecule has 0 aliphatic heterocycles. The lowest BCUT2D eigenvalue weighted by atomic mass is 10.2. The predicted molar refractivity (Wildman–Crippen MR) is 96.0 cm³/mol. The zero-order valence-electron chi connectivity index (χ0n) is 15.1. The van der Waals surface area contributed by atoms with Crippen LogP contribution < -0.4 is 19.5 Å². The van der Waals surface area contributed by atoms with Gasteiger partial charge in [0.25, 0.3) is 5.91 Å². The largest absolute Gasteiger partial charge is 0.497 e. The second kappa shape index (κ2) is 8.75. The molecule has 1 N–H and O–H groups in total. The average molecular weight is 359 g/mol. The van der Waals surface area contributed by atoms with Crippen molar-refractivity contribution in [2.45, 2.75) is 13.0 Å². The fraction of sp³-hybridized carbons (Fsp3) is 0.263. The van der Waals surface area contributed by atoms with Crippen molar-refractivity contribution in [1.82, 2.24) is 0 Å². The van der Waals surface area contributed by atoms with Gasteiger partial charge < -0.3 is 24.3 Å². The normalized spacial score (nSPS) is 11.2. The SMILES string of the molecule is COc1ccc(NC(=O)[C@H](C)OC(=O)c2cc(OC)cc(OC)c2)cc1. The van der Waals surface area contributed by atoms with Crippen molar-refractivity contribution < 1.29 is 28.5 Å². The zero-order chi connectivity index (χ0) is 19.1. The zero-order valence-corrected chi connectivity index (χ0v) is 15.1. The van der Waals surface area contributed by atoms with Gasteiger partial charge >= 0.3 is 5.97 Å². The van der Waals surface area contributed by atoms with E-state index in [1.807, 2.05) is 0 Å². The summed E-state index contributed by atoms with van der Waals surface area (Å²) in [5.41, 5.74) is 0.798. The Bertz CT molecular complexity index is 750. The number of amides is 1. The Balaban J connectivity index is 2.02. The van der Waals surface area contributed by atoms with Crippen molar-refractivity contribution in [1.29, 1.82) is 0 Å². The van der Waals surface area contributed by atoms with Gasteiger partial charge in [-0.05, 0) is 43.3 Å². The molecule has 0 saturated heterocycles. The molecular weight excluding hydrogens is 338 g/mol. The second-order valence-electron chi connectivity index (χ2n) is 5.37. The predicted octanol–water partition coefficient (Wildman–Crippen LogP) is 2.90. The molecule has 7 nitrogen and oxygen atoms in total. The lowest BCUT2D eigenvalue weighted by Gasteiger charge is -2.14. The molecule has 0 aromatic heterocycles. The van der Waals surface area contributed by atoms with Gasteiger partial charge in [0.15, 0.2) is 6.10 Å². The van der Waals surface area contributed by atoms with Crippen LogP contribution in [0, 0.1) is 0 Å². The summed E-state index contributed by atoms with van der Waals surface area (Å²) < 4.78 is 20.5. The molecule has 2 aromatic rings. The van der Waals surface area contributed by atoms with E-state index >= 15 is 0 Å². The molecule has 1 atom stereocenters. The van der Waals surface area contributed by atoms with E-state index in [1.165, 1.54) is 33.3 Å². The molecule has 0 radical (unpaired) electrons. The van der Waals surface area contributed by atoms with Gasteiger partial charge in [-0.15, -0.1) is 0 Å². The quantitative estimate of drug-likeness (QED) is 0.766. The summed E-state index contributed by atoms with van der Waals surface area (Å²) in [5.74, 6) is 0.477. The maximum absolute atomic E-state index is 12.3. The first-order valence-corrected chi connectivity index (χ1v) is 7.85. The molecule has 0 heterocycles. The lowest BCUT2D eigenvalue weighted by molar-refractivity contribution is -0.123. The van der Waals surface area contributed by atoms with Gasteiger partial charge in [-0.1, -0.05) is 0 Å². The third-order valence-electron chi connectivity index (χ3n) is 3.60. The molecule has 0 unspecified atom stereocenters. The monoisotopic (exact) mass is 359 g/mol. The highest BCUT2D eigenvalue weighted by molar-refractivity contribution is 5.97. The van der Waals surface area contributed by atoms with Crippen LogP contribution in [0.1, 0.15) is 17.3 Å². The van der Waals surface area contributed by atoms with E-state index in [0.717, 1.165) is 0 Å². The van der Waals surface area contributed by atoms with Crippen LogP contribution in [0.5, 0.6) is 17.2 Å². The summed E-state index contributed by atoms with van der Waals surface area (Å²) in [6.45, 7) is 1.49. The minimum atomic E-state index is -0.984. The van der Waals surface area contributed by atoms with Gasteiger partial charge in [-0.3, -0.25) is 4.79 Å². The molecule has 0 aliphatic carbocycles. The molecule has 2 rings (SSSR count). The number of benzene rings is 2. The van der Waals surface area contributed by atoms with Crippen LogP contribution in [0.15, 0.2) is 42.5 Å². The first-order valence-electron chi connectivity index (χ1n) is 7.85. The van der Waals surface area contributed by atoms with Crippen molar-refractivity contribution in [3.63, 3.8) is 0 Å². The number of rotatable bonds is 7. The molecule has 26 heavy (non-hydrogen) atoms. The fourth-order valence-electron chi connectivity index (χ4n) is 2.13. The number of anilines is 1. The number of nitrogens with one attached hydrogen (secondary N) is 1. The molecule has 0 spiro atoms. The summed E-state index contributed by atoms with van der Waals surface area (Å²) in [4.78, 5) is 24.5. The Hall–Kier alpha value is -3.22. The smallest absolute Gasteiger partial charge is 0.339 e. The van der Waals surface area contributed by atoms with Gasteiger partial charge in [0, 0.05) is 11.8 Å². The molecule has 0 fully saturated rings. The van der Waals surface area contributed by atoms with E-state index in [2.05, 4.69) is 5.32 Å². The maximum Gasteiger partial charge on any atom is 0.339 e. The van der Waals surface area contributed by atoms with E-state index in [4.69, 9.17) is 18.9 Å². The second-order valence-corrected chi connectivity index (χ2v) is 5.37. The molecule has 2 aromatic carbocycles. The van der Waals surface area contributed by atoms with Crippen LogP contribution in [-0.2, 0) is 9.53 Å². The van der Waals surface area contributed by atoms with Crippen LogP contribution in [0.2, 0.25) is 0 Å². The van der Waals surface area contributed by atoms with E-state index < -0.39 is 18.0 Å². The number of hydrogen-bond acceptors (Lipinski definition) is 6. The third kappa shape index (κ3) is 4.89. The Kier molecular flexibility index (Phi) is 6.43. The fourth-order valence-corrected chi connectivity index (χ4v) is 2.13. The maximum atomic E-state index is 12.3. The summed E-state index contributed by atoms with van der Waals surface area (Å²) in [5, 5.41) is 2.67. The standard InChI is InChI=1S/C19H21NO6/c1-12(18(21)20-14-5-7-15(23-2)8-6-14)26-19(22)13-9-16(24-3)11-17(10-13)25-4/h5-12H,1-4H3,(H,20,21)/t12-/m0/s1. The van der Waals surface area contributed by atoms with Gasteiger partial charge in [0.05, 0.1) is 26.9 Å². The Morgan fingerprint density at radius 2 is 1.38 bits per heavy atom. The highest BCUT2D eigenvalue weighted by Gasteiger charge is 2.20. The van der Waals surface area contributed by atoms with Gasteiger partial charge in [-0.25, -0.2) is 4.79 Å². The Morgan fingerprint density at radius 1 is 0.846 bits per heavy atom. The van der Waals surface area contributed by atoms with Crippen LogP contribution >= 0.6 is 0 Å². The van der Waals surface area contributed by atoms with Crippen molar-refractivity contribution in [2.75, 3.05) is 26.6 Å².